The van der Waals surface area contributed by atoms with Crippen molar-refractivity contribution in [2.75, 3.05) is 6.54 Å². The van der Waals surface area contributed by atoms with Gasteiger partial charge in [-0.15, -0.1) is 0 Å². The van der Waals surface area contributed by atoms with Crippen molar-refractivity contribution in [1.29, 1.82) is 0 Å². The lowest BCUT2D eigenvalue weighted by molar-refractivity contribution is 0.532. The van der Waals surface area contributed by atoms with E-state index in [1.165, 1.54) is 0 Å². The van der Waals surface area contributed by atoms with Crippen molar-refractivity contribution in [3.8, 4) is 0 Å². The van der Waals surface area contributed by atoms with E-state index in [0.717, 1.165) is 25.1 Å². The van der Waals surface area contributed by atoms with Crippen LogP contribution >= 0.6 is 12.6 Å². The first-order valence-electron chi connectivity index (χ1n) is 4.95. The molecule has 1 N–H and O–H groups in total. The third-order valence-corrected chi connectivity index (χ3v) is 2.05. The number of nitrogens with zero attached hydrogens (tertiary/aromatic N) is 1. The molecular weight excluding hydrogens is 192 g/mol. The van der Waals surface area contributed by atoms with Crippen molar-refractivity contribution >= 4 is 12.6 Å². The fourth-order valence-electron chi connectivity index (χ4n) is 1.21. The van der Waals surface area contributed by atoms with Gasteiger partial charge >= 0.3 is 0 Å². The van der Waals surface area contributed by atoms with Gasteiger partial charge in [0.25, 0.3) is 0 Å². The molecule has 0 saturated heterocycles. The first-order chi connectivity index (χ1) is 6.58. The van der Waals surface area contributed by atoms with E-state index in [0.29, 0.717) is 0 Å². The fraction of sp³-hybridized carbons (Fsp3) is 0.545. The Morgan fingerprint density at radius 1 is 1.43 bits per heavy atom. The van der Waals surface area contributed by atoms with E-state index >= 15 is 0 Å². The van der Waals surface area contributed by atoms with E-state index in [4.69, 9.17) is 0 Å². The second-order valence-electron chi connectivity index (χ2n) is 3.91. The van der Waals surface area contributed by atoms with Crippen molar-refractivity contribution in [3.63, 3.8) is 0 Å². The van der Waals surface area contributed by atoms with Crippen LogP contribution in [0.1, 0.15) is 26.0 Å². The molecule has 14 heavy (non-hydrogen) atoms. The highest BCUT2D eigenvalue weighted by molar-refractivity contribution is 7.81. The van der Waals surface area contributed by atoms with Gasteiger partial charge in [-0.25, -0.2) is 0 Å². The third-order valence-electron chi connectivity index (χ3n) is 1.89. The summed E-state index contributed by atoms with van der Waals surface area (Å²) in [7, 11) is 0. The predicted octanol–water partition coefficient (Wildman–Crippen LogP) is 2.27. The molecule has 0 spiro atoms. The zero-order valence-electron chi connectivity index (χ0n) is 8.83. The summed E-state index contributed by atoms with van der Waals surface area (Å²) in [5.41, 5.74) is 1.16. The summed E-state index contributed by atoms with van der Waals surface area (Å²) in [5.74, 6) is 0. The topological polar surface area (TPSA) is 24.9 Å². The molecule has 1 heterocycles. The van der Waals surface area contributed by atoms with Gasteiger partial charge in [0.2, 0.25) is 0 Å². The van der Waals surface area contributed by atoms with Gasteiger partial charge in [0, 0.05) is 11.9 Å². The number of hydrogen-bond donors (Lipinski definition) is 2. The van der Waals surface area contributed by atoms with E-state index < -0.39 is 0 Å². The summed E-state index contributed by atoms with van der Waals surface area (Å²) in [6, 6.07) is 6.03. The number of rotatable bonds is 5. The van der Waals surface area contributed by atoms with Crippen LogP contribution in [0.3, 0.4) is 0 Å². The fourth-order valence-corrected chi connectivity index (χ4v) is 1.32. The van der Waals surface area contributed by atoms with Gasteiger partial charge < -0.3 is 5.32 Å². The first kappa shape index (κ1) is 11.5. The predicted molar refractivity (Wildman–Crippen MR) is 63.6 cm³/mol. The lowest BCUT2D eigenvalue weighted by Gasteiger charge is -2.19. The molecule has 1 aromatic heterocycles. The molecule has 0 unspecified atom stereocenters. The Kier molecular flexibility index (Phi) is 4.42. The van der Waals surface area contributed by atoms with Crippen molar-refractivity contribution in [2.45, 2.75) is 31.6 Å². The molecule has 1 aromatic rings. The molecule has 0 aliphatic rings. The molecule has 0 radical (unpaired) electrons. The van der Waals surface area contributed by atoms with Crippen LogP contribution in [0.4, 0.5) is 0 Å². The van der Waals surface area contributed by atoms with Crippen molar-refractivity contribution in [2.24, 2.45) is 0 Å². The van der Waals surface area contributed by atoms with Crippen LogP contribution in [0.5, 0.6) is 0 Å². The van der Waals surface area contributed by atoms with Crippen LogP contribution in [-0.4, -0.2) is 16.4 Å². The Bertz CT molecular complexity index is 254. The minimum absolute atomic E-state index is 0.0792. The molecule has 3 heteroatoms. The highest BCUT2D eigenvalue weighted by Crippen LogP contribution is 2.06. The molecule has 0 atom stereocenters. The Hall–Kier alpha value is -0.540. The van der Waals surface area contributed by atoms with E-state index in [1.54, 1.807) is 0 Å². The molecule has 0 saturated carbocycles. The summed E-state index contributed by atoms with van der Waals surface area (Å²) in [6.07, 6.45) is 3.96. The van der Waals surface area contributed by atoms with Gasteiger partial charge in [-0.05, 0) is 45.4 Å². The van der Waals surface area contributed by atoms with Crippen LogP contribution in [-0.2, 0) is 6.42 Å². The van der Waals surface area contributed by atoms with Crippen molar-refractivity contribution < 1.29 is 0 Å². The molecular formula is C11H18N2S. The summed E-state index contributed by atoms with van der Waals surface area (Å²) in [5, 5.41) is 3.33. The average molecular weight is 210 g/mol. The molecule has 0 fully saturated rings. The normalized spacial score (nSPS) is 11.6. The van der Waals surface area contributed by atoms with E-state index in [9.17, 15) is 0 Å². The maximum absolute atomic E-state index is 4.39. The van der Waals surface area contributed by atoms with Crippen LogP contribution in [0, 0.1) is 0 Å². The standard InChI is InChI=1S/C11H18N2S/c1-11(2,14)13-9-5-7-10-6-3-4-8-12-10/h3-4,6,8,13-14H,5,7,9H2,1-2H3. The van der Waals surface area contributed by atoms with Crippen LogP contribution < -0.4 is 5.32 Å². The quantitative estimate of drug-likeness (QED) is 0.443. The zero-order chi connectivity index (χ0) is 10.4. The molecule has 2 nitrogen and oxygen atoms in total. The molecule has 0 amide bonds. The summed E-state index contributed by atoms with van der Waals surface area (Å²) in [6.45, 7) is 5.08. The lowest BCUT2D eigenvalue weighted by Crippen LogP contribution is -2.34. The highest BCUT2D eigenvalue weighted by Gasteiger charge is 2.08. The molecule has 0 bridgehead atoms. The first-order valence-corrected chi connectivity index (χ1v) is 5.40. The van der Waals surface area contributed by atoms with E-state index in [2.05, 4.69) is 42.8 Å². The second-order valence-corrected chi connectivity index (χ2v) is 5.03. The van der Waals surface area contributed by atoms with Crippen LogP contribution in [0.25, 0.3) is 0 Å². The Balaban J connectivity index is 2.17. The van der Waals surface area contributed by atoms with Gasteiger partial charge in [-0.2, -0.15) is 12.6 Å². The van der Waals surface area contributed by atoms with Crippen LogP contribution in [0.2, 0.25) is 0 Å². The number of nitrogens with one attached hydrogen (secondary N) is 1. The van der Waals surface area contributed by atoms with Gasteiger partial charge in [0.05, 0.1) is 4.87 Å². The Morgan fingerprint density at radius 2 is 2.21 bits per heavy atom. The van der Waals surface area contributed by atoms with E-state index in [1.807, 2.05) is 18.3 Å². The van der Waals surface area contributed by atoms with Gasteiger partial charge in [0.1, 0.15) is 0 Å². The number of aromatic nitrogens is 1. The van der Waals surface area contributed by atoms with Crippen molar-refractivity contribution in [3.05, 3.63) is 30.1 Å². The zero-order valence-corrected chi connectivity index (χ0v) is 9.72. The SMILES string of the molecule is CC(C)(S)NCCCc1ccccn1. The number of thiol groups is 1. The third kappa shape index (κ3) is 5.25. The number of pyridine rings is 1. The Morgan fingerprint density at radius 3 is 2.79 bits per heavy atom. The summed E-state index contributed by atoms with van der Waals surface area (Å²) in [4.78, 5) is 4.19. The molecule has 1 rings (SSSR count). The summed E-state index contributed by atoms with van der Waals surface area (Å²) < 4.78 is 0. The Labute approximate surface area is 91.5 Å². The lowest BCUT2D eigenvalue weighted by atomic mass is 10.2. The maximum Gasteiger partial charge on any atom is 0.0558 e. The van der Waals surface area contributed by atoms with Crippen molar-refractivity contribution in [1.82, 2.24) is 10.3 Å². The van der Waals surface area contributed by atoms with Crippen LogP contribution in [0.15, 0.2) is 24.4 Å². The van der Waals surface area contributed by atoms with Gasteiger partial charge in [-0.3, -0.25) is 4.98 Å². The molecule has 0 aliphatic heterocycles. The maximum atomic E-state index is 4.39. The van der Waals surface area contributed by atoms with Gasteiger partial charge in [-0.1, -0.05) is 6.07 Å². The minimum atomic E-state index is -0.0792. The monoisotopic (exact) mass is 210 g/mol. The minimum Gasteiger partial charge on any atom is -0.303 e. The smallest absolute Gasteiger partial charge is 0.0558 e. The highest BCUT2D eigenvalue weighted by atomic mass is 32.1. The summed E-state index contributed by atoms with van der Waals surface area (Å²) >= 11 is 4.39. The molecule has 0 aliphatic carbocycles. The second kappa shape index (κ2) is 5.37. The van der Waals surface area contributed by atoms with E-state index in [-0.39, 0.29) is 4.87 Å². The number of hydrogen-bond acceptors (Lipinski definition) is 3. The number of aryl methyl sites for hydroxylation is 1. The van der Waals surface area contributed by atoms with Gasteiger partial charge in [0.15, 0.2) is 0 Å². The molecule has 78 valence electrons. The average Bonchev–Trinajstić information content (AvgIpc) is 2.13. The molecule has 0 aromatic carbocycles. The largest absolute Gasteiger partial charge is 0.303 e.